The highest BCUT2D eigenvalue weighted by atomic mass is 16.5. The summed E-state index contributed by atoms with van der Waals surface area (Å²) in [7, 11) is 0. The molecular weight excluding hydrogens is 222 g/mol. The lowest BCUT2D eigenvalue weighted by molar-refractivity contribution is -0.154. The first-order valence-corrected chi connectivity index (χ1v) is 6.20. The Labute approximate surface area is 102 Å². The van der Waals surface area contributed by atoms with Crippen LogP contribution in [0, 0.1) is 0 Å². The van der Waals surface area contributed by atoms with E-state index in [1.54, 1.807) is 0 Å². The Balaban J connectivity index is 2.32. The molecule has 0 amide bonds. The summed E-state index contributed by atoms with van der Waals surface area (Å²) in [5, 5.41) is 3.08. The summed E-state index contributed by atoms with van der Waals surface area (Å²) < 4.78 is 10.2. The zero-order valence-corrected chi connectivity index (χ0v) is 10.5. The van der Waals surface area contributed by atoms with Crippen LogP contribution in [-0.2, 0) is 19.1 Å². The zero-order valence-electron chi connectivity index (χ0n) is 10.5. The number of esters is 2. The Kier molecular flexibility index (Phi) is 5.97. The topological polar surface area (TPSA) is 64.6 Å². The van der Waals surface area contributed by atoms with Gasteiger partial charge in [0.1, 0.15) is 12.1 Å². The Hall–Kier alpha value is -1.10. The van der Waals surface area contributed by atoms with Crippen molar-refractivity contribution in [3.63, 3.8) is 0 Å². The molecule has 0 spiro atoms. The van der Waals surface area contributed by atoms with Crippen molar-refractivity contribution >= 4 is 11.9 Å². The lowest BCUT2D eigenvalue weighted by Gasteiger charge is -2.28. The van der Waals surface area contributed by atoms with Crippen molar-refractivity contribution in [3.8, 4) is 0 Å². The van der Waals surface area contributed by atoms with E-state index >= 15 is 0 Å². The van der Waals surface area contributed by atoms with Gasteiger partial charge in [0.05, 0.1) is 6.61 Å². The minimum atomic E-state index is -0.343. The third-order valence-electron chi connectivity index (χ3n) is 2.72. The molecule has 1 aliphatic rings. The summed E-state index contributed by atoms with van der Waals surface area (Å²) in [5.74, 6) is -0.537. The summed E-state index contributed by atoms with van der Waals surface area (Å²) in [6.45, 7) is 4.57. The molecule has 0 saturated carbocycles. The number of piperidine rings is 1. The van der Waals surface area contributed by atoms with Crippen LogP contribution in [0.5, 0.6) is 0 Å². The van der Waals surface area contributed by atoms with Gasteiger partial charge in [0.25, 0.3) is 0 Å². The first-order chi connectivity index (χ1) is 8.13. The minimum Gasteiger partial charge on any atom is -0.465 e. The van der Waals surface area contributed by atoms with Crippen molar-refractivity contribution < 1.29 is 19.1 Å². The van der Waals surface area contributed by atoms with Gasteiger partial charge in [0.2, 0.25) is 0 Å². The predicted octanol–water partition coefficient (Wildman–Crippen LogP) is 1.01. The Bertz CT molecular complexity index is 267. The molecule has 1 heterocycles. The molecule has 1 saturated heterocycles. The maximum absolute atomic E-state index is 11.7. The van der Waals surface area contributed by atoms with E-state index in [0.717, 1.165) is 19.3 Å². The van der Waals surface area contributed by atoms with Crippen LogP contribution in [0.2, 0.25) is 0 Å². The van der Waals surface area contributed by atoms with Crippen molar-refractivity contribution in [2.24, 2.45) is 0 Å². The van der Waals surface area contributed by atoms with E-state index in [0.29, 0.717) is 19.6 Å². The van der Waals surface area contributed by atoms with Gasteiger partial charge in [-0.25, -0.2) is 0 Å². The molecule has 0 radical (unpaired) electrons. The quantitative estimate of drug-likeness (QED) is 0.577. The molecule has 0 aliphatic carbocycles. The van der Waals surface area contributed by atoms with Crippen LogP contribution in [-0.4, -0.2) is 37.2 Å². The molecular formula is C12H21NO4. The summed E-state index contributed by atoms with van der Waals surface area (Å²) >= 11 is 0. The first-order valence-electron chi connectivity index (χ1n) is 6.20. The standard InChI is InChI=1S/C12H21NO4/c1-3-4-7-16-12(15)11-8-10(5-6-13-11)17-9(2)14/h10-11,13H,3-8H2,1-2H3. The number of carbonyl (C=O) groups excluding carboxylic acids is 2. The monoisotopic (exact) mass is 243 g/mol. The Morgan fingerprint density at radius 2 is 2.18 bits per heavy atom. The molecule has 1 fully saturated rings. The smallest absolute Gasteiger partial charge is 0.323 e. The highest BCUT2D eigenvalue weighted by Gasteiger charge is 2.29. The number of rotatable bonds is 5. The van der Waals surface area contributed by atoms with Gasteiger partial charge < -0.3 is 14.8 Å². The highest BCUT2D eigenvalue weighted by molar-refractivity contribution is 5.76. The number of carbonyl (C=O) groups is 2. The summed E-state index contributed by atoms with van der Waals surface area (Å²) in [4.78, 5) is 22.5. The second-order valence-electron chi connectivity index (χ2n) is 4.28. The van der Waals surface area contributed by atoms with Gasteiger partial charge in [-0.2, -0.15) is 0 Å². The second-order valence-corrected chi connectivity index (χ2v) is 4.28. The van der Waals surface area contributed by atoms with Gasteiger partial charge in [-0.1, -0.05) is 13.3 Å². The van der Waals surface area contributed by atoms with Gasteiger partial charge in [0, 0.05) is 13.3 Å². The molecule has 1 N–H and O–H groups in total. The lowest BCUT2D eigenvalue weighted by Crippen LogP contribution is -2.47. The second kappa shape index (κ2) is 7.27. The van der Waals surface area contributed by atoms with Gasteiger partial charge in [-0.3, -0.25) is 9.59 Å². The molecule has 0 aromatic heterocycles. The van der Waals surface area contributed by atoms with Crippen LogP contribution in [0.3, 0.4) is 0 Å². The van der Waals surface area contributed by atoms with Crippen LogP contribution in [0.25, 0.3) is 0 Å². The van der Waals surface area contributed by atoms with Crippen LogP contribution in [0.15, 0.2) is 0 Å². The van der Waals surface area contributed by atoms with Gasteiger partial charge in [0.15, 0.2) is 0 Å². The first kappa shape index (κ1) is 14.0. The Morgan fingerprint density at radius 1 is 1.41 bits per heavy atom. The average molecular weight is 243 g/mol. The van der Waals surface area contributed by atoms with E-state index in [4.69, 9.17) is 9.47 Å². The van der Waals surface area contributed by atoms with E-state index in [-0.39, 0.29) is 24.1 Å². The zero-order chi connectivity index (χ0) is 12.7. The summed E-state index contributed by atoms with van der Waals surface area (Å²) in [6.07, 6.45) is 2.97. The average Bonchev–Trinajstić information content (AvgIpc) is 2.28. The van der Waals surface area contributed by atoms with Crippen molar-refractivity contribution in [1.29, 1.82) is 0 Å². The SMILES string of the molecule is CCCCOC(=O)C1CC(OC(C)=O)CCN1. The molecule has 2 atom stereocenters. The minimum absolute atomic E-state index is 0.169. The highest BCUT2D eigenvalue weighted by Crippen LogP contribution is 2.14. The van der Waals surface area contributed by atoms with Gasteiger partial charge in [-0.15, -0.1) is 0 Å². The maximum Gasteiger partial charge on any atom is 0.323 e. The molecule has 0 bridgehead atoms. The van der Waals surface area contributed by atoms with Crippen molar-refractivity contribution in [1.82, 2.24) is 5.32 Å². The fraction of sp³-hybridized carbons (Fsp3) is 0.833. The predicted molar refractivity (Wildman–Crippen MR) is 62.4 cm³/mol. The molecule has 0 aromatic carbocycles. The largest absolute Gasteiger partial charge is 0.465 e. The van der Waals surface area contributed by atoms with Crippen molar-refractivity contribution in [3.05, 3.63) is 0 Å². The number of hydrogen-bond donors (Lipinski definition) is 1. The van der Waals surface area contributed by atoms with E-state index in [9.17, 15) is 9.59 Å². The van der Waals surface area contributed by atoms with Crippen molar-refractivity contribution in [2.45, 2.75) is 51.7 Å². The van der Waals surface area contributed by atoms with E-state index < -0.39 is 0 Å². The molecule has 1 aliphatic heterocycles. The molecule has 5 heteroatoms. The van der Waals surface area contributed by atoms with Crippen LogP contribution < -0.4 is 5.32 Å². The molecule has 98 valence electrons. The molecule has 2 unspecified atom stereocenters. The molecule has 1 rings (SSSR count). The normalized spacial score (nSPS) is 24.1. The van der Waals surface area contributed by atoms with E-state index in [2.05, 4.69) is 5.32 Å². The van der Waals surface area contributed by atoms with E-state index in [1.165, 1.54) is 6.92 Å². The number of nitrogens with one attached hydrogen (secondary N) is 1. The third-order valence-corrected chi connectivity index (χ3v) is 2.72. The van der Waals surface area contributed by atoms with Crippen LogP contribution in [0.4, 0.5) is 0 Å². The van der Waals surface area contributed by atoms with Crippen LogP contribution >= 0.6 is 0 Å². The van der Waals surface area contributed by atoms with Crippen molar-refractivity contribution in [2.75, 3.05) is 13.2 Å². The lowest BCUT2D eigenvalue weighted by atomic mass is 10.0. The number of unbranched alkanes of at least 4 members (excludes halogenated alkanes) is 1. The van der Waals surface area contributed by atoms with Gasteiger partial charge >= 0.3 is 11.9 Å². The number of hydrogen-bond acceptors (Lipinski definition) is 5. The van der Waals surface area contributed by atoms with E-state index in [1.807, 2.05) is 6.92 Å². The molecule has 17 heavy (non-hydrogen) atoms. The maximum atomic E-state index is 11.7. The molecule has 0 aromatic rings. The summed E-state index contributed by atoms with van der Waals surface area (Å²) in [6, 6.07) is -0.343. The number of ether oxygens (including phenoxy) is 2. The molecule has 5 nitrogen and oxygen atoms in total. The van der Waals surface area contributed by atoms with Gasteiger partial charge in [-0.05, 0) is 19.4 Å². The fourth-order valence-electron chi connectivity index (χ4n) is 1.82. The third kappa shape index (κ3) is 5.17. The Morgan fingerprint density at radius 3 is 2.82 bits per heavy atom. The van der Waals surface area contributed by atoms with Crippen LogP contribution in [0.1, 0.15) is 39.5 Å². The summed E-state index contributed by atoms with van der Waals surface area (Å²) in [5.41, 5.74) is 0. The fourth-order valence-corrected chi connectivity index (χ4v) is 1.82.